The van der Waals surface area contributed by atoms with Crippen LogP contribution < -0.4 is 16.0 Å². The first kappa shape index (κ1) is 30.7. The van der Waals surface area contributed by atoms with Crippen molar-refractivity contribution in [2.45, 2.75) is 109 Å². The second-order valence-electron chi connectivity index (χ2n) is 12.3. The summed E-state index contributed by atoms with van der Waals surface area (Å²) in [5.74, 6) is -6.08. The molecule has 0 aromatic heterocycles. The summed E-state index contributed by atoms with van der Waals surface area (Å²) in [6.45, 7) is 6.30. The average Bonchev–Trinajstić information content (AvgIpc) is 3.77. The Labute approximate surface area is 228 Å². The maximum Gasteiger partial charge on any atom is 0.407 e. The number of piperidine rings is 1. The molecule has 0 aromatic rings. The van der Waals surface area contributed by atoms with Gasteiger partial charge in [0.1, 0.15) is 12.1 Å². The molecule has 0 spiro atoms. The molecule has 10 nitrogen and oxygen atoms in total. The van der Waals surface area contributed by atoms with Crippen molar-refractivity contribution < 1.29 is 37.5 Å². The molecule has 3 N–H and O–H groups in total. The van der Waals surface area contributed by atoms with Crippen LogP contribution in [0.3, 0.4) is 0 Å². The molecule has 4 amide bonds. The lowest BCUT2D eigenvalue weighted by Gasteiger charge is -2.44. The minimum Gasteiger partial charge on any atom is -0.453 e. The van der Waals surface area contributed by atoms with Gasteiger partial charge in [0.2, 0.25) is 23.5 Å². The summed E-state index contributed by atoms with van der Waals surface area (Å²) in [4.78, 5) is 66.6. The Morgan fingerprint density at radius 1 is 0.974 bits per heavy atom. The van der Waals surface area contributed by atoms with E-state index in [0.717, 1.165) is 25.7 Å². The van der Waals surface area contributed by atoms with Gasteiger partial charge in [0.25, 0.3) is 5.91 Å². The van der Waals surface area contributed by atoms with Gasteiger partial charge in [0.05, 0.1) is 13.2 Å². The lowest BCUT2D eigenvalue weighted by molar-refractivity contribution is -0.150. The number of likely N-dealkylation sites (tertiary alicyclic amines) is 1. The predicted octanol–water partition coefficient (Wildman–Crippen LogP) is 2.54. The van der Waals surface area contributed by atoms with E-state index in [9.17, 15) is 32.8 Å². The number of hydrogen-bond donors (Lipinski definition) is 3. The molecule has 1 heterocycles. The molecule has 220 valence electrons. The predicted molar refractivity (Wildman–Crippen MR) is 138 cm³/mol. The summed E-state index contributed by atoms with van der Waals surface area (Å²) in [5, 5.41) is 7.72. The standard InChI is InChI=1S/C27H42F2N4O6/c1-26(2,3)21(32-25(38)39-5)24(37)33-14-6-7-17(15-8-9-15)19(33)22(35)31-18(12-13-27(4,28)29)20(34)23(36)30-16-10-11-16/h15-19,21H,6-14H2,1-5H3,(H,30,36)(H,31,35)(H,32,38)/t17?,18-,19?,21+/m0/s1. The summed E-state index contributed by atoms with van der Waals surface area (Å²) in [6.07, 6.45) is 2.70. The molecule has 3 aliphatic rings. The van der Waals surface area contributed by atoms with Crippen molar-refractivity contribution in [1.82, 2.24) is 20.9 Å². The molecular formula is C27H42F2N4O6. The van der Waals surface area contributed by atoms with E-state index in [1.807, 2.05) is 0 Å². The summed E-state index contributed by atoms with van der Waals surface area (Å²) < 4.78 is 32.1. The highest BCUT2D eigenvalue weighted by molar-refractivity contribution is 6.38. The monoisotopic (exact) mass is 556 g/mol. The fraction of sp³-hybridized carbons (Fsp3) is 0.815. The van der Waals surface area contributed by atoms with Crippen molar-refractivity contribution >= 4 is 29.6 Å². The Balaban J connectivity index is 1.87. The third-order valence-corrected chi connectivity index (χ3v) is 7.66. The highest BCUT2D eigenvalue weighted by Crippen LogP contribution is 2.44. The fourth-order valence-electron chi connectivity index (χ4n) is 5.18. The Morgan fingerprint density at radius 3 is 2.13 bits per heavy atom. The Morgan fingerprint density at radius 2 is 1.62 bits per heavy atom. The van der Waals surface area contributed by atoms with Crippen molar-refractivity contribution in [2.24, 2.45) is 17.3 Å². The fourth-order valence-corrected chi connectivity index (χ4v) is 5.18. The average molecular weight is 557 g/mol. The molecule has 12 heteroatoms. The van der Waals surface area contributed by atoms with Crippen molar-refractivity contribution in [1.29, 1.82) is 0 Å². The molecule has 2 aliphatic carbocycles. The minimum atomic E-state index is -3.10. The van der Waals surface area contributed by atoms with Gasteiger partial charge in [-0.3, -0.25) is 19.2 Å². The number of nitrogens with one attached hydrogen (secondary N) is 3. The molecule has 0 radical (unpaired) electrons. The van der Waals surface area contributed by atoms with E-state index in [0.29, 0.717) is 19.8 Å². The van der Waals surface area contributed by atoms with Crippen LogP contribution >= 0.6 is 0 Å². The molecule has 0 bridgehead atoms. The SMILES string of the molecule is COC(=O)N[C@H](C(=O)N1CCCC(C2CC2)C1C(=O)N[C@@H](CCC(C)(F)F)C(=O)C(=O)NC1CC1)C(C)(C)C. The van der Waals surface area contributed by atoms with Gasteiger partial charge >= 0.3 is 6.09 Å². The van der Waals surface area contributed by atoms with Crippen LogP contribution in [0.2, 0.25) is 0 Å². The molecule has 1 aliphatic heterocycles. The van der Waals surface area contributed by atoms with E-state index in [-0.39, 0.29) is 24.4 Å². The van der Waals surface area contributed by atoms with Gasteiger partial charge in [-0.05, 0) is 69.1 Å². The molecule has 4 atom stereocenters. The molecule has 39 heavy (non-hydrogen) atoms. The smallest absolute Gasteiger partial charge is 0.407 e. The van der Waals surface area contributed by atoms with Gasteiger partial charge in [0.15, 0.2) is 0 Å². The van der Waals surface area contributed by atoms with E-state index >= 15 is 0 Å². The van der Waals surface area contributed by atoms with Crippen LogP contribution in [0.4, 0.5) is 13.6 Å². The number of hydrogen-bond acceptors (Lipinski definition) is 6. The summed E-state index contributed by atoms with van der Waals surface area (Å²) in [6, 6.07) is -3.54. The van der Waals surface area contributed by atoms with Gasteiger partial charge in [-0.1, -0.05) is 20.8 Å². The first-order chi connectivity index (χ1) is 18.1. The van der Waals surface area contributed by atoms with E-state index in [4.69, 9.17) is 4.74 Å². The normalized spacial score (nSPS) is 23.3. The lowest BCUT2D eigenvalue weighted by Crippen LogP contribution is -2.64. The van der Waals surface area contributed by atoms with E-state index < -0.39 is 71.9 Å². The molecular weight excluding hydrogens is 514 g/mol. The van der Waals surface area contributed by atoms with Crippen molar-refractivity contribution in [3.05, 3.63) is 0 Å². The van der Waals surface area contributed by atoms with Crippen LogP contribution in [-0.4, -0.2) is 78.2 Å². The lowest BCUT2D eigenvalue weighted by atomic mass is 9.81. The van der Waals surface area contributed by atoms with E-state index in [2.05, 4.69) is 16.0 Å². The van der Waals surface area contributed by atoms with Gasteiger partial charge in [-0.15, -0.1) is 0 Å². The van der Waals surface area contributed by atoms with Crippen LogP contribution in [0.1, 0.15) is 79.1 Å². The van der Waals surface area contributed by atoms with Crippen LogP contribution in [0.15, 0.2) is 0 Å². The van der Waals surface area contributed by atoms with Crippen molar-refractivity contribution in [3.8, 4) is 0 Å². The van der Waals surface area contributed by atoms with Gasteiger partial charge in [-0.2, -0.15) is 0 Å². The first-order valence-corrected chi connectivity index (χ1v) is 13.8. The second kappa shape index (κ2) is 12.2. The summed E-state index contributed by atoms with van der Waals surface area (Å²) >= 11 is 0. The van der Waals surface area contributed by atoms with Crippen LogP contribution in [0.5, 0.6) is 0 Å². The highest BCUT2D eigenvalue weighted by Gasteiger charge is 2.49. The zero-order valence-electron chi connectivity index (χ0n) is 23.5. The quantitative estimate of drug-likeness (QED) is 0.335. The maximum atomic E-state index is 13.9. The van der Waals surface area contributed by atoms with Crippen molar-refractivity contribution in [2.75, 3.05) is 13.7 Å². The van der Waals surface area contributed by atoms with Gasteiger partial charge in [0, 0.05) is 19.0 Å². The Hall–Kier alpha value is -2.79. The summed E-state index contributed by atoms with van der Waals surface area (Å²) in [7, 11) is 1.19. The topological polar surface area (TPSA) is 134 Å². The molecule has 3 rings (SSSR count). The number of halogens is 2. The van der Waals surface area contributed by atoms with Gasteiger partial charge < -0.3 is 25.6 Å². The number of amides is 4. The number of ketones is 1. The van der Waals surface area contributed by atoms with Crippen LogP contribution in [0.25, 0.3) is 0 Å². The van der Waals surface area contributed by atoms with Crippen LogP contribution in [-0.2, 0) is 23.9 Å². The third-order valence-electron chi connectivity index (χ3n) is 7.66. The number of nitrogens with zero attached hydrogens (tertiary/aromatic N) is 1. The third kappa shape index (κ3) is 8.60. The van der Waals surface area contributed by atoms with E-state index in [1.54, 1.807) is 20.8 Å². The second-order valence-corrected chi connectivity index (χ2v) is 12.3. The number of methoxy groups -OCH3 is 1. The number of carbonyl (C=O) groups excluding carboxylic acids is 5. The van der Waals surface area contributed by atoms with Crippen LogP contribution in [0, 0.1) is 17.3 Å². The number of ether oxygens (including phenoxy) is 1. The molecule has 2 unspecified atom stereocenters. The largest absolute Gasteiger partial charge is 0.453 e. The summed E-state index contributed by atoms with van der Waals surface area (Å²) in [5.41, 5.74) is -0.717. The number of rotatable bonds is 11. The van der Waals surface area contributed by atoms with E-state index in [1.165, 1.54) is 12.0 Å². The van der Waals surface area contributed by atoms with Gasteiger partial charge in [-0.25, -0.2) is 13.6 Å². The molecule has 0 aromatic carbocycles. The first-order valence-electron chi connectivity index (χ1n) is 13.8. The van der Waals surface area contributed by atoms with Crippen molar-refractivity contribution in [3.63, 3.8) is 0 Å². The number of Topliss-reactive ketones (excluding diaryl/α,β-unsaturated/α-hetero) is 1. The Kier molecular flexibility index (Phi) is 9.59. The minimum absolute atomic E-state index is 0.118. The zero-order chi connectivity index (χ0) is 29.1. The highest BCUT2D eigenvalue weighted by atomic mass is 19.3. The molecule has 2 saturated carbocycles. The number of carbonyl (C=O) groups is 5. The Bertz CT molecular complexity index is 955. The maximum absolute atomic E-state index is 13.9. The number of alkyl halides is 2. The zero-order valence-corrected chi connectivity index (χ0v) is 23.5. The number of alkyl carbamates (subject to hydrolysis) is 1. The molecule has 1 saturated heterocycles. The molecule has 3 fully saturated rings.